The van der Waals surface area contributed by atoms with Crippen LogP contribution in [-0.2, 0) is 5.41 Å². The molecule has 3 aromatic carbocycles. The summed E-state index contributed by atoms with van der Waals surface area (Å²) in [6.45, 7) is 0. The van der Waals surface area contributed by atoms with Gasteiger partial charge in [-0.05, 0) is 77.6 Å². The van der Waals surface area contributed by atoms with Crippen LogP contribution in [0.15, 0.2) is 54.6 Å². The number of rotatable bonds is 0. The van der Waals surface area contributed by atoms with Crippen LogP contribution in [0.3, 0.4) is 0 Å². The van der Waals surface area contributed by atoms with Crippen molar-refractivity contribution in [3.8, 4) is 16.9 Å². The molecular weight excluding hydrogens is 340 g/mol. The summed E-state index contributed by atoms with van der Waals surface area (Å²) < 4.78 is 0. The van der Waals surface area contributed by atoms with Gasteiger partial charge in [-0.15, -0.1) is 0 Å². The second-order valence-corrected chi connectivity index (χ2v) is 9.55. The lowest BCUT2D eigenvalue weighted by atomic mass is 9.56. The summed E-state index contributed by atoms with van der Waals surface area (Å²) in [5.74, 6) is 0.444. The first-order valence-corrected chi connectivity index (χ1v) is 11.1. The molecule has 1 N–H and O–H groups in total. The Bertz CT molecular complexity index is 1060. The van der Waals surface area contributed by atoms with Crippen LogP contribution in [-0.4, -0.2) is 5.11 Å². The molecule has 3 aliphatic rings. The minimum atomic E-state index is 0.0934. The van der Waals surface area contributed by atoms with E-state index in [0.717, 1.165) is 5.39 Å². The average molecular weight is 369 g/mol. The van der Waals surface area contributed by atoms with Gasteiger partial charge < -0.3 is 5.11 Å². The molecule has 6 rings (SSSR count). The number of benzene rings is 3. The highest BCUT2D eigenvalue weighted by Crippen LogP contribution is 2.62. The van der Waals surface area contributed by atoms with E-state index in [9.17, 15) is 5.11 Å². The van der Waals surface area contributed by atoms with E-state index >= 15 is 0 Å². The van der Waals surface area contributed by atoms with Crippen LogP contribution in [0.2, 0.25) is 0 Å². The van der Waals surface area contributed by atoms with Crippen molar-refractivity contribution in [1.82, 2.24) is 0 Å². The number of phenols is 1. The molecule has 3 aliphatic carbocycles. The van der Waals surface area contributed by atoms with Gasteiger partial charge in [-0.3, -0.25) is 0 Å². The lowest BCUT2D eigenvalue weighted by molar-refractivity contribution is 0.0951. The first-order valence-electron chi connectivity index (χ1n) is 11.1. The zero-order valence-corrected chi connectivity index (χ0v) is 16.5. The molecule has 2 fully saturated rings. The summed E-state index contributed by atoms with van der Waals surface area (Å²) in [6.07, 6.45) is 12.3. The van der Waals surface area contributed by atoms with Crippen molar-refractivity contribution in [2.45, 2.75) is 63.2 Å². The normalized spacial score (nSPS) is 21.7. The maximum atomic E-state index is 10.9. The lowest BCUT2D eigenvalue weighted by Gasteiger charge is -2.48. The summed E-state index contributed by atoms with van der Waals surface area (Å²) in [7, 11) is 0. The molecule has 0 aromatic heterocycles. The minimum Gasteiger partial charge on any atom is -0.507 e. The van der Waals surface area contributed by atoms with E-state index in [4.69, 9.17) is 0 Å². The SMILES string of the molecule is Oc1cc2c(c3ccccc13)-c1ccccc1C21CCC2(CCCCC2)CC1. The van der Waals surface area contributed by atoms with Gasteiger partial charge in [0, 0.05) is 10.8 Å². The Morgan fingerprint density at radius 3 is 2.11 bits per heavy atom. The fourth-order valence-electron chi connectivity index (χ4n) is 6.83. The van der Waals surface area contributed by atoms with Gasteiger partial charge in [0.1, 0.15) is 5.75 Å². The van der Waals surface area contributed by atoms with E-state index in [1.165, 1.54) is 85.4 Å². The van der Waals surface area contributed by atoms with Gasteiger partial charge in [0.15, 0.2) is 0 Å². The maximum Gasteiger partial charge on any atom is 0.123 e. The Hall–Kier alpha value is -2.28. The molecule has 28 heavy (non-hydrogen) atoms. The van der Waals surface area contributed by atoms with E-state index in [-0.39, 0.29) is 5.41 Å². The smallest absolute Gasteiger partial charge is 0.123 e. The van der Waals surface area contributed by atoms with Gasteiger partial charge in [-0.25, -0.2) is 0 Å². The summed E-state index contributed by atoms with van der Waals surface area (Å²) in [4.78, 5) is 0. The third-order valence-electron chi connectivity index (χ3n) is 8.33. The average Bonchev–Trinajstić information content (AvgIpc) is 3.01. The topological polar surface area (TPSA) is 20.2 Å². The Kier molecular flexibility index (Phi) is 3.49. The van der Waals surface area contributed by atoms with Crippen molar-refractivity contribution >= 4 is 10.8 Å². The lowest BCUT2D eigenvalue weighted by Crippen LogP contribution is -2.38. The fourth-order valence-corrected chi connectivity index (χ4v) is 6.83. The zero-order chi connectivity index (χ0) is 18.8. The summed E-state index contributed by atoms with van der Waals surface area (Å²) >= 11 is 0. The summed E-state index contributed by atoms with van der Waals surface area (Å²) in [5, 5.41) is 13.1. The van der Waals surface area contributed by atoms with Gasteiger partial charge >= 0.3 is 0 Å². The number of phenolic OH excluding ortho intramolecular Hbond substituents is 1. The van der Waals surface area contributed by atoms with Crippen molar-refractivity contribution in [2.24, 2.45) is 5.41 Å². The third kappa shape index (κ3) is 2.14. The van der Waals surface area contributed by atoms with Crippen LogP contribution in [0.5, 0.6) is 5.75 Å². The molecule has 0 saturated heterocycles. The predicted octanol–water partition coefficient (Wildman–Crippen LogP) is 7.34. The van der Waals surface area contributed by atoms with Crippen molar-refractivity contribution in [2.75, 3.05) is 0 Å². The highest BCUT2D eigenvalue weighted by molar-refractivity contribution is 6.05. The Balaban J connectivity index is 1.55. The third-order valence-corrected chi connectivity index (χ3v) is 8.33. The van der Waals surface area contributed by atoms with E-state index in [0.29, 0.717) is 11.2 Å². The van der Waals surface area contributed by atoms with Gasteiger partial charge in [0.25, 0.3) is 0 Å². The molecule has 3 aromatic rings. The molecular formula is C27H28O. The first kappa shape index (κ1) is 16.7. The van der Waals surface area contributed by atoms with E-state index in [2.05, 4.69) is 48.5 Å². The van der Waals surface area contributed by atoms with E-state index < -0.39 is 0 Å². The van der Waals surface area contributed by atoms with Crippen LogP contribution in [0.25, 0.3) is 21.9 Å². The molecule has 0 aliphatic heterocycles. The summed E-state index contributed by atoms with van der Waals surface area (Å²) in [6, 6.07) is 19.5. The van der Waals surface area contributed by atoms with Gasteiger partial charge in [-0.1, -0.05) is 67.8 Å². The van der Waals surface area contributed by atoms with Crippen molar-refractivity contribution in [1.29, 1.82) is 0 Å². The molecule has 142 valence electrons. The first-order chi connectivity index (χ1) is 13.7. The molecule has 0 unspecified atom stereocenters. The second-order valence-electron chi connectivity index (χ2n) is 9.55. The molecule has 2 saturated carbocycles. The maximum absolute atomic E-state index is 10.9. The van der Waals surface area contributed by atoms with Crippen molar-refractivity contribution < 1.29 is 5.11 Å². The second kappa shape index (κ2) is 5.86. The Labute approximate surface area is 167 Å². The highest BCUT2D eigenvalue weighted by Gasteiger charge is 2.49. The highest BCUT2D eigenvalue weighted by atomic mass is 16.3. The van der Waals surface area contributed by atoms with Crippen molar-refractivity contribution in [3.05, 3.63) is 65.7 Å². The largest absolute Gasteiger partial charge is 0.507 e. The van der Waals surface area contributed by atoms with Crippen LogP contribution < -0.4 is 0 Å². The van der Waals surface area contributed by atoms with Gasteiger partial charge in [-0.2, -0.15) is 0 Å². The number of hydrogen-bond donors (Lipinski definition) is 1. The standard InChI is InChI=1S/C27H28O/c28-24-18-23-25(20-9-3-2-8-19(20)24)21-10-4-5-11-22(21)27(23)16-14-26(15-17-27)12-6-1-7-13-26/h2-5,8-11,18,28H,1,6-7,12-17H2. The molecule has 2 spiro atoms. The molecule has 0 heterocycles. The summed E-state index contributed by atoms with van der Waals surface area (Å²) in [5.41, 5.74) is 6.36. The molecule has 0 radical (unpaired) electrons. The van der Waals surface area contributed by atoms with E-state index in [1.54, 1.807) is 0 Å². The van der Waals surface area contributed by atoms with Crippen LogP contribution >= 0.6 is 0 Å². The quantitative estimate of drug-likeness (QED) is 0.440. The van der Waals surface area contributed by atoms with Crippen LogP contribution in [0.1, 0.15) is 68.9 Å². The van der Waals surface area contributed by atoms with Crippen molar-refractivity contribution in [3.63, 3.8) is 0 Å². The fraction of sp³-hybridized carbons (Fsp3) is 0.407. The molecule has 0 atom stereocenters. The monoisotopic (exact) mass is 368 g/mol. The Morgan fingerprint density at radius 1 is 0.643 bits per heavy atom. The predicted molar refractivity (Wildman–Crippen MR) is 116 cm³/mol. The Morgan fingerprint density at radius 2 is 1.32 bits per heavy atom. The van der Waals surface area contributed by atoms with Crippen LogP contribution in [0.4, 0.5) is 0 Å². The van der Waals surface area contributed by atoms with E-state index in [1.807, 2.05) is 6.07 Å². The minimum absolute atomic E-state index is 0.0934. The molecule has 1 nitrogen and oxygen atoms in total. The van der Waals surface area contributed by atoms with Crippen LogP contribution in [0, 0.1) is 5.41 Å². The van der Waals surface area contributed by atoms with Gasteiger partial charge in [0.05, 0.1) is 0 Å². The zero-order valence-electron chi connectivity index (χ0n) is 16.5. The molecule has 1 heteroatoms. The number of fused-ring (bicyclic) bond motifs is 7. The van der Waals surface area contributed by atoms with Gasteiger partial charge in [0.2, 0.25) is 0 Å². The molecule has 0 bridgehead atoms. The molecule has 0 amide bonds. The number of aromatic hydroxyl groups is 1. The number of hydrogen-bond acceptors (Lipinski definition) is 1.